The van der Waals surface area contributed by atoms with Crippen LogP contribution in [-0.4, -0.2) is 7.11 Å². The van der Waals surface area contributed by atoms with Crippen LogP contribution in [0.25, 0.3) is 11.0 Å². The number of halogens is 1. The number of ether oxygens (including phenoxy) is 1. The maximum Gasteiger partial charge on any atom is 0.134 e. The largest absolute Gasteiger partial charge is 0.497 e. The van der Waals surface area contributed by atoms with Gasteiger partial charge >= 0.3 is 0 Å². The Morgan fingerprint density at radius 3 is 2.76 bits per heavy atom. The number of para-hydroxylation sites is 1. The van der Waals surface area contributed by atoms with Crippen LogP contribution in [0.3, 0.4) is 0 Å². The maximum atomic E-state index is 6.30. The van der Waals surface area contributed by atoms with Crippen LogP contribution in [0.5, 0.6) is 5.75 Å². The van der Waals surface area contributed by atoms with Crippen LogP contribution in [0.2, 0.25) is 0 Å². The van der Waals surface area contributed by atoms with E-state index < -0.39 is 0 Å². The average Bonchev–Trinajstić information content (AvgIpc) is 2.93. The van der Waals surface area contributed by atoms with E-state index in [4.69, 9.17) is 14.9 Å². The molecule has 1 atom stereocenters. The molecule has 1 unspecified atom stereocenters. The number of rotatable bonds is 4. The van der Waals surface area contributed by atoms with Gasteiger partial charge in [0.15, 0.2) is 0 Å². The Morgan fingerprint density at radius 2 is 2.00 bits per heavy atom. The number of fused-ring (bicyclic) bond motifs is 1. The molecule has 3 rings (SSSR count). The van der Waals surface area contributed by atoms with Gasteiger partial charge in [0.1, 0.15) is 17.1 Å². The quantitative estimate of drug-likeness (QED) is 0.759. The van der Waals surface area contributed by atoms with Crippen molar-refractivity contribution in [2.45, 2.75) is 12.5 Å². The molecule has 2 aromatic carbocycles. The molecule has 108 valence electrons. The van der Waals surface area contributed by atoms with Crippen molar-refractivity contribution in [3.05, 3.63) is 64.3 Å². The van der Waals surface area contributed by atoms with Crippen LogP contribution in [0.4, 0.5) is 0 Å². The Kier molecular flexibility index (Phi) is 3.99. The van der Waals surface area contributed by atoms with E-state index in [9.17, 15) is 0 Å². The number of hydrogen-bond donors (Lipinski definition) is 1. The molecule has 0 saturated heterocycles. The van der Waals surface area contributed by atoms with Gasteiger partial charge in [-0.05, 0) is 42.3 Å². The van der Waals surface area contributed by atoms with E-state index in [1.54, 1.807) is 7.11 Å². The first kappa shape index (κ1) is 14.2. The first-order valence-electron chi connectivity index (χ1n) is 6.74. The van der Waals surface area contributed by atoms with Crippen molar-refractivity contribution in [2.75, 3.05) is 7.11 Å². The normalized spacial score (nSPS) is 12.5. The fraction of sp³-hybridized carbons (Fsp3) is 0.176. The first-order chi connectivity index (χ1) is 10.2. The highest BCUT2D eigenvalue weighted by molar-refractivity contribution is 9.10. The van der Waals surface area contributed by atoms with Gasteiger partial charge in [-0.2, -0.15) is 0 Å². The Balaban J connectivity index is 1.87. The highest BCUT2D eigenvalue weighted by Crippen LogP contribution is 2.29. The third-order valence-corrected chi connectivity index (χ3v) is 4.28. The lowest BCUT2D eigenvalue weighted by atomic mass is 10.0. The number of hydrogen-bond acceptors (Lipinski definition) is 3. The maximum absolute atomic E-state index is 6.30. The van der Waals surface area contributed by atoms with Crippen molar-refractivity contribution in [3.8, 4) is 5.75 Å². The standard InChI is InChI=1S/C17H16BrNO2/c1-20-13-6-7-14(18)12(8-13)9-15(19)17-10-11-4-2-3-5-16(11)21-17/h2-8,10,15H,9,19H2,1H3. The molecule has 0 bridgehead atoms. The molecule has 0 fully saturated rings. The molecule has 0 radical (unpaired) electrons. The molecule has 21 heavy (non-hydrogen) atoms. The monoisotopic (exact) mass is 345 g/mol. The Morgan fingerprint density at radius 1 is 1.19 bits per heavy atom. The number of methoxy groups -OCH3 is 1. The summed E-state index contributed by atoms with van der Waals surface area (Å²) in [5.41, 5.74) is 8.26. The van der Waals surface area contributed by atoms with Gasteiger partial charge in [-0.3, -0.25) is 0 Å². The molecule has 3 aromatic rings. The van der Waals surface area contributed by atoms with E-state index in [0.29, 0.717) is 6.42 Å². The van der Waals surface area contributed by atoms with E-state index >= 15 is 0 Å². The lowest BCUT2D eigenvalue weighted by Crippen LogP contribution is -2.12. The van der Waals surface area contributed by atoms with Gasteiger partial charge in [0, 0.05) is 9.86 Å². The predicted octanol–water partition coefficient (Wildman–Crippen LogP) is 4.45. The van der Waals surface area contributed by atoms with Crippen molar-refractivity contribution in [1.29, 1.82) is 0 Å². The number of furan rings is 1. The van der Waals surface area contributed by atoms with Gasteiger partial charge in [-0.15, -0.1) is 0 Å². The molecular formula is C17H16BrNO2. The lowest BCUT2D eigenvalue weighted by Gasteiger charge is -2.11. The third kappa shape index (κ3) is 2.96. The van der Waals surface area contributed by atoms with Crippen molar-refractivity contribution >= 4 is 26.9 Å². The molecule has 0 spiro atoms. The van der Waals surface area contributed by atoms with Crippen LogP contribution in [-0.2, 0) is 6.42 Å². The molecule has 3 nitrogen and oxygen atoms in total. The molecule has 0 amide bonds. The van der Waals surface area contributed by atoms with Crippen LogP contribution in [0.1, 0.15) is 17.4 Å². The minimum Gasteiger partial charge on any atom is -0.497 e. The third-order valence-electron chi connectivity index (χ3n) is 3.50. The molecule has 1 heterocycles. The zero-order valence-corrected chi connectivity index (χ0v) is 13.3. The summed E-state index contributed by atoms with van der Waals surface area (Å²) in [7, 11) is 1.66. The van der Waals surface area contributed by atoms with Gasteiger partial charge in [0.2, 0.25) is 0 Å². The summed E-state index contributed by atoms with van der Waals surface area (Å²) in [6.07, 6.45) is 0.678. The second-order valence-corrected chi connectivity index (χ2v) is 5.81. The number of benzene rings is 2. The minimum atomic E-state index is -0.194. The van der Waals surface area contributed by atoms with Crippen molar-refractivity contribution in [3.63, 3.8) is 0 Å². The van der Waals surface area contributed by atoms with Gasteiger partial charge in [0.25, 0.3) is 0 Å². The SMILES string of the molecule is COc1ccc(Br)c(CC(N)c2cc3ccccc3o2)c1. The average molecular weight is 346 g/mol. The van der Waals surface area contributed by atoms with Crippen LogP contribution in [0.15, 0.2) is 57.4 Å². The lowest BCUT2D eigenvalue weighted by molar-refractivity contribution is 0.413. The molecule has 1 aromatic heterocycles. The van der Waals surface area contributed by atoms with E-state index in [0.717, 1.165) is 32.5 Å². The Bertz CT molecular complexity index is 733. The van der Waals surface area contributed by atoms with Crippen molar-refractivity contribution in [1.82, 2.24) is 0 Å². The topological polar surface area (TPSA) is 48.4 Å². The summed E-state index contributed by atoms with van der Waals surface area (Å²) in [6.45, 7) is 0. The van der Waals surface area contributed by atoms with Crippen LogP contribution < -0.4 is 10.5 Å². The Hall–Kier alpha value is -1.78. The fourth-order valence-corrected chi connectivity index (χ4v) is 2.77. The second-order valence-electron chi connectivity index (χ2n) is 4.95. The number of nitrogens with two attached hydrogens (primary N) is 1. The van der Waals surface area contributed by atoms with Crippen LogP contribution >= 0.6 is 15.9 Å². The summed E-state index contributed by atoms with van der Waals surface area (Å²) < 4.78 is 12.1. The zero-order valence-electron chi connectivity index (χ0n) is 11.7. The molecule has 0 aliphatic heterocycles. The van der Waals surface area contributed by atoms with Crippen molar-refractivity contribution in [2.24, 2.45) is 5.73 Å². The van der Waals surface area contributed by atoms with E-state index in [1.807, 2.05) is 48.5 Å². The summed E-state index contributed by atoms with van der Waals surface area (Å²) >= 11 is 3.55. The molecule has 2 N–H and O–H groups in total. The van der Waals surface area contributed by atoms with Gasteiger partial charge in [-0.25, -0.2) is 0 Å². The Labute approximate surface area is 131 Å². The van der Waals surface area contributed by atoms with Gasteiger partial charge < -0.3 is 14.9 Å². The van der Waals surface area contributed by atoms with E-state index in [2.05, 4.69) is 15.9 Å². The highest BCUT2D eigenvalue weighted by Gasteiger charge is 2.14. The smallest absolute Gasteiger partial charge is 0.134 e. The summed E-state index contributed by atoms with van der Waals surface area (Å²) in [5.74, 6) is 1.62. The predicted molar refractivity (Wildman–Crippen MR) is 87.5 cm³/mol. The fourth-order valence-electron chi connectivity index (χ4n) is 2.36. The zero-order chi connectivity index (χ0) is 14.8. The van der Waals surface area contributed by atoms with E-state index in [-0.39, 0.29) is 6.04 Å². The van der Waals surface area contributed by atoms with E-state index in [1.165, 1.54) is 0 Å². The summed E-state index contributed by atoms with van der Waals surface area (Å²) in [4.78, 5) is 0. The van der Waals surface area contributed by atoms with Crippen LogP contribution in [0, 0.1) is 0 Å². The second kappa shape index (κ2) is 5.92. The van der Waals surface area contributed by atoms with Gasteiger partial charge in [0.05, 0.1) is 13.2 Å². The molecule has 0 aliphatic rings. The van der Waals surface area contributed by atoms with Crippen molar-refractivity contribution < 1.29 is 9.15 Å². The van der Waals surface area contributed by atoms with Gasteiger partial charge in [-0.1, -0.05) is 34.1 Å². The molecule has 0 saturated carbocycles. The molecule has 4 heteroatoms. The minimum absolute atomic E-state index is 0.194. The highest BCUT2D eigenvalue weighted by atomic mass is 79.9. The molecular weight excluding hydrogens is 330 g/mol. The first-order valence-corrected chi connectivity index (χ1v) is 7.53. The summed E-state index contributed by atoms with van der Waals surface area (Å²) in [6, 6.07) is 15.6. The summed E-state index contributed by atoms with van der Waals surface area (Å²) in [5, 5.41) is 1.08. The molecule has 0 aliphatic carbocycles.